The molecule has 1 aliphatic heterocycles. The van der Waals surface area contributed by atoms with Crippen molar-refractivity contribution in [2.45, 2.75) is 37.6 Å². The van der Waals surface area contributed by atoms with Crippen LogP contribution >= 0.6 is 15.9 Å². The van der Waals surface area contributed by atoms with Crippen LogP contribution in [-0.4, -0.2) is 41.8 Å². The van der Waals surface area contributed by atoms with E-state index in [1.54, 1.807) is 0 Å². The van der Waals surface area contributed by atoms with Crippen LogP contribution in [-0.2, 0) is 26.0 Å². The number of halogens is 1. The highest BCUT2D eigenvalue weighted by atomic mass is 79.9. The number of carboxylic acid groups (broad SMARTS) is 1. The molecule has 3 aromatic carbocycles. The first-order chi connectivity index (χ1) is 18.1. The number of allylic oxidation sites excluding steroid dienone is 1. The van der Waals surface area contributed by atoms with Gasteiger partial charge in [-0.05, 0) is 65.9 Å². The van der Waals surface area contributed by atoms with Crippen LogP contribution in [0, 0.1) is 0 Å². The maximum Gasteiger partial charge on any atom is 0.303 e. The van der Waals surface area contributed by atoms with Crippen LogP contribution in [0.15, 0.2) is 87.9 Å². The predicted octanol–water partition coefficient (Wildman–Crippen LogP) is 5.48. The number of sulfone groups is 1. The second-order valence-electron chi connectivity index (χ2n) is 9.03. The third kappa shape index (κ3) is 5.95. The third-order valence-electron chi connectivity index (χ3n) is 6.33. The summed E-state index contributed by atoms with van der Waals surface area (Å²) in [5.41, 5.74) is 3.74. The Morgan fingerprint density at radius 1 is 0.947 bits per heavy atom. The van der Waals surface area contributed by atoms with Crippen LogP contribution < -0.4 is 0 Å². The normalized spacial score (nSPS) is 13.3. The van der Waals surface area contributed by atoms with Gasteiger partial charge in [0.15, 0.2) is 15.6 Å². The lowest BCUT2D eigenvalue weighted by Gasteiger charge is -2.33. The zero-order valence-electron chi connectivity index (χ0n) is 20.7. The van der Waals surface area contributed by atoms with Crippen molar-refractivity contribution in [3.8, 4) is 0 Å². The molecule has 0 atom stereocenters. The first kappa shape index (κ1) is 27.5. The van der Waals surface area contributed by atoms with E-state index < -0.39 is 21.7 Å². The lowest BCUT2D eigenvalue weighted by molar-refractivity contribution is -0.137. The second kappa shape index (κ2) is 11.4. The Kier molecular flexibility index (Phi) is 8.28. The van der Waals surface area contributed by atoms with Crippen LogP contribution in [0.1, 0.15) is 53.2 Å². The number of rotatable bonds is 9. The standard InChI is InChI=1S/C29H26BrNO6S/c1-19(32)28-27(20-7-3-2-4-8-20)25-17-23(30)13-10-22(25)18-31(28)29(35)21-11-14-24(15-12-21)38(36,37)16-6-5-9-26(33)34/h2-4,7-8,10-15,17H,5-6,9,16,18H2,1H3,(H,33,34). The van der Waals surface area contributed by atoms with Gasteiger partial charge in [0.05, 0.1) is 22.9 Å². The molecular formula is C29H26BrNO6S. The molecule has 3 aromatic rings. The molecule has 0 bridgehead atoms. The van der Waals surface area contributed by atoms with E-state index in [4.69, 9.17) is 5.11 Å². The van der Waals surface area contributed by atoms with Gasteiger partial charge in [-0.15, -0.1) is 0 Å². The highest BCUT2D eigenvalue weighted by Gasteiger charge is 2.33. The number of carboxylic acids is 1. The predicted molar refractivity (Wildman–Crippen MR) is 147 cm³/mol. The smallest absolute Gasteiger partial charge is 0.303 e. The van der Waals surface area contributed by atoms with Gasteiger partial charge < -0.3 is 5.11 Å². The second-order valence-corrected chi connectivity index (χ2v) is 12.1. The zero-order valence-corrected chi connectivity index (χ0v) is 23.1. The molecule has 38 heavy (non-hydrogen) atoms. The Morgan fingerprint density at radius 3 is 2.26 bits per heavy atom. The monoisotopic (exact) mass is 595 g/mol. The van der Waals surface area contributed by atoms with Crippen molar-refractivity contribution < 1.29 is 27.9 Å². The molecule has 1 aliphatic rings. The summed E-state index contributed by atoms with van der Waals surface area (Å²) in [7, 11) is -3.62. The minimum Gasteiger partial charge on any atom is -0.481 e. The Labute approximate surface area is 229 Å². The molecule has 0 unspecified atom stereocenters. The van der Waals surface area contributed by atoms with E-state index in [0.29, 0.717) is 5.57 Å². The van der Waals surface area contributed by atoms with Crippen molar-refractivity contribution in [3.63, 3.8) is 0 Å². The average Bonchev–Trinajstić information content (AvgIpc) is 2.90. The minimum absolute atomic E-state index is 0.0607. The van der Waals surface area contributed by atoms with Crippen LogP contribution in [0.25, 0.3) is 5.57 Å². The minimum atomic E-state index is -3.62. The fourth-order valence-corrected chi connectivity index (χ4v) is 6.25. The average molecular weight is 596 g/mol. The van der Waals surface area contributed by atoms with Gasteiger partial charge in [0.25, 0.3) is 5.91 Å². The summed E-state index contributed by atoms with van der Waals surface area (Å²) in [6, 6.07) is 20.8. The topological polar surface area (TPSA) is 109 Å². The summed E-state index contributed by atoms with van der Waals surface area (Å²) in [5, 5.41) is 8.74. The number of Topliss-reactive ketones (excluding diaryl/α,β-unsaturated/α-hetero) is 1. The van der Waals surface area contributed by atoms with Gasteiger partial charge in [-0.2, -0.15) is 0 Å². The highest BCUT2D eigenvalue weighted by Crippen LogP contribution is 2.38. The van der Waals surface area contributed by atoms with E-state index in [2.05, 4.69) is 15.9 Å². The molecule has 9 heteroatoms. The maximum atomic E-state index is 13.7. The summed E-state index contributed by atoms with van der Waals surface area (Å²) < 4.78 is 26.2. The number of ketones is 1. The van der Waals surface area contributed by atoms with E-state index in [1.165, 1.54) is 36.1 Å². The summed E-state index contributed by atoms with van der Waals surface area (Å²) >= 11 is 3.51. The SMILES string of the molecule is CC(=O)C1=C(c2ccccc2)c2cc(Br)ccc2CN1C(=O)c1ccc(S(=O)(=O)CCCCC(=O)O)cc1. The third-order valence-corrected chi connectivity index (χ3v) is 8.64. The van der Waals surface area contributed by atoms with Crippen molar-refractivity contribution in [2.24, 2.45) is 0 Å². The van der Waals surface area contributed by atoms with Gasteiger partial charge in [-0.3, -0.25) is 19.3 Å². The first-order valence-electron chi connectivity index (χ1n) is 12.0. The van der Waals surface area contributed by atoms with Gasteiger partial charge in [-0.1, -0.05) is 52.3 Å². The van der Waals surface area contributed by atoms with E-state index in [9.17, 15) is 22.8 Å². The van der Waals surface area contributed by atoms with Gasteiger partial charge >= 0.3 is 5.97 Å². The van der Waals surface area contributed by atoms with Crippen molar-refractivity contribution >= 4 is 49.0 Å². The molecule has 7 nitrogen and oxygen atoms in total. The summed E-state index contributed by atoms with van der Waals surface area (Å²) in [6.07, 6.45) is 0.408. The number of carbonyl (C=O) groups excluding carboxylic acids is 2. The molecular weight excluding hydrogens is 570 g/mol. The van der Waals surface area contributed by atoms with Gasteiger partial charge in [0.2, 0.25) is 0 Å². The number of hydrogen-bond acceptors (Lipinski definition) is 5. The Bertz CT molecular complexity index is 1530. The molecule has 0 saturated heterocycles. The lowest BCUT2D eigenvalue weighted by atomic mass is 9.87. The Morgan fingerprint density at radius 2 is 1.63 bits per heavy atom. The maximum absolute atomic E-state index is 13.7. The molecule has 1 heterocycles. The lowest BCUT2D eigenvalue weighted by Crippen LogP contribution is -2.36. The van der Waals surface area contributed by atoms with Gasteiger partial charge in [-0.25, -0.2) is 8.42 Å². The molecule has 0 aromatic heterocycles. The number of aliphatic carboxylic acids is 1. The number of unbranched alkanes of at least 4 members (excludes halogenated alkanes) is 1. The zero-order chi connectivity index (χ0) is 27.4. The molecule has 1 amide bonds. The van der Waals surface area contributed by atoms with Gasteiger partial charge in [0.1, 0.15) is 0 Å². The largest absolute Gasteiger partial charge is 0.481 e. The van der Waals surface area contributed by atoms with Crippen molar-refractivity contribution in [2.75, 3.05) is 5.75 Å². The molecule has 1 N–H and O–H groups in total. The van der Waals surface area contributed by atoms with Crippen molar-refractivity contribution in [1.29, 1.82) is 0 Å². The number of carbonyl (C=O) groups is 3. The number of hydrogen-bond donors (Lipinski definition) is 1. The summed E-state index contributed by atoms with van der Waals surface area (Å²) in [4.78, 5) is 38.9. The fourth-order valence-electron chi connectivity index (χ4n) is 4.51. The van der Waals surface area contributed by atoms with E-state index in [1.807, 2.05) is 48.5 Å². The van der Waals surface area contributed by atoms with E-state index in [-0.39, 0.29) is 53.5 Å². The first-order valence-corrected chi connectivity index (χ1v) is 14.5. The molecule has 0 radical (unpaired) electrons. The van der Waals surface area contributed by atoms with Crippen LogP contribution in [0.3, 0.4) is 0 Å². The van der Waals surface area contributed by atoms with Crippen molar-refractivity contribution in [3.05, 3.63) is 105 Å². The summed E-state index contributed by atoms with van der Waals surface area (Å²) in [5.74, 6) is -1.82. The number of nitrogens with zero attached hydrogens (tertiary/aromatic N) is 1. The molecule has 0 saturated carbocycles. The number of amides is 1. The van der Waals surface area contributed by atoms with Crippen LogP contribution in [0.2, 0.25) is 0 Å². The molecule has 196 valence electrons. The quantitative estimate of drug-likeness (QED) is 0.328. The molecule has 4 rings (SSSR count). The molecule has 0 fully saturated rings. The van der Waals surface area contributed by atoms with E-state index in [0.717, 1.165) is 21.2 Å². The Balaban J connectivity index is 1.69. The number of fused-ring (bicyclic) bond motifs is 1. The van der Waals surface area contributed by atoms with Crippen LogP contribution in [0.5, 0.6) is 0 Å². The Hall–Kier alpha value is -3.56. The van der Waals surface area contributed by atoms with E-state index >= 15 is 0 Å². The molecule has 0 spiro atoms. The highest BCUT2D eigenvalue weighted by molar-refractivity contribution is 9.10. The fraction of sp³-hybridized carbons (Fsp3) is 0.207. The van der Waals surface area contributed by atoms with Crippen molar-refractivity contribution in [1.82, 2.24) is 4.90 Å². The van der Waals surface area contributed by atoms with Crippen LogP contribution in [0.4, 0.5) is 0 Å². The summed E-state index contributed by atoms with van der Waals surface area (Å²) in [6.45, 7) is 1.62. The van der Waals surface area contributed by atoms with Gasteiger partial charge in [0, 0.05) is 29.0 Å². The number of benzene rings is 3. The molecule has 0 aliphatic carbocycles.